The SMILES string of the molecule is COc1ccc(Cc2cc(N)[nH]n2)cc1-c1ccoc1. The maximum absolute atomic E-state index is 5.63. The van der Waals surface area contributed by atoms with E-state index in [9.17, 15) is 0 Å². The standard InChI is InChI=1S/C15H15N3O2/c1-19-14-3-2-10(6-12-8-15(16)18-17-12)7-13(14)11-4-5-20-9-11/h2-5,7-9H,6H2,1H3,(H3,16,17,18). The van der Waals surface area contributed by atoms with E-state index in [1.807, 2.05) is 24.3 Å². The fourth-order valence-corrected chi connectivity index (χ4v) is 2.19. The predicted molar refractivity (Wildman–Crippen MR) is 76.5 cm³/mol. The summed E-state index contributed by atoms with van der Waals surface area (Å²) >= 11 is 0. The predicted octanol–water partition coefficient (Wildman–Crippen LogP) is 2.85. The highest BCUT2D eigenvalue weighted by Gasteiger charge is 2.09. The summed E-state index contributed by atoms with van der Waals surface area (Å²) in [5, 5.41) is 6.89. The zero-order valence-electron chi connectivity index (χ0n) is 11.1. The van der Waals surface area contributed by atoms with Crippen LogP contribution in [-0.4, -0.2) is 17.3 Å². The van der Waals surface area contributed by atoms with Gasteiger partial charge in [-0.15, -0.1) is 0 Å². The Morgan fingerprint density at radius 1 is 1.30 bits per heavy atom. The number of nitrogens with zero attached hydrogens (tertiary/aromatic N) is 1. The molecule has 0 saturated carbocycles. The van der Waals surface area contributed by atoms with Gasteiger partial charge in [-0.05, 0) is 23.8 Å². The number of ether oxygens (including phenoxy) is 1. The highest BCUT2D eigenvalue weighted by Crippen LogP contribution is 2.31. The van der Waals surface area contributed by atoms with Gasteiger partial charge >= 0.3 is 0 Å². The van der Waals surface area contributed by atoms with Gasteiger partial charge < -0.3 is 14.9 Å². The molecule has 0 bridgehead atoms. The van der Waals surface area contributed by atoms with Crippen molar-refractivity contribution in [3.05, 3.63) is 54.1 Å². The average molecular weight is 269 g/mol. The monoisotopic (exact) mass is 269 g/mol. The Bertz CT molecular complexity index is 702. The number of hydrogen-bond donors (Lipinski definition) is 2. The topological polar surface area (TPSA) is 77.1 Å². The maximum atomic E-state index is 5.63. The van der Waals surface area contributed by atoms with Crippen LogP contribution in [-0.2, 0) is 6.42 Å². The van der Waals surface area contributed by atoms with Gasteiger partial charge in [0.1, 0.15) is 11.6 Å². The molecule has 2 heterocycles. The van der Waals surface area contributed by atoms with Crippen LogP contribution >= 0.6 is 0 Å². The molecule has 0 spiro atoms. The van der Waals surface area contributed by atoms with Crippen molar-refractivity contribution >= 4 is 5.82 Å². The molecular formula is C15H15N3O2. The number of rotatable bonds is 4. The van der Waals surface area contributed by atoms with E-state index in [1.54, 1.807) is 19.6 Å². The summed E-state index contributed by atoms with van der Waals surface area (Å²) in [6.07, 6.45) is 4.06. The van der Waals surface area contributed by atoms with Crippen LogP contribution in [0.4, 0.5) is 5.82 Å². The summed E-state index contributed by atoms with van der Waals surface area (Å²) in [6.45, 7) is 0. The van der Waals surface area contributed by atoms with Crippen molar-refractivity contribution in [1.29, 1.82) is 0 Å². The minimum absolute atomic E-state index is 0.573. The molecule has 0 radical (unpaired) electrons. The van der Waals surface area contributed by atoms with Crippen LogP contribution in [0.5, 0.6) is 5.75 Å². The second kappa shape index (κ2) is 5.13. The number of methoxy groups -OCH3 is 1. The number of aromatic amines is 1. The first-order chi connectivity index (χ1) is 9.76. The Kier molecular flexibility index (Phi) is 3.16. The summed E-state index contributed by atoms with van der Waals surface area (Å²) in [7, 11) is 1.66. The molecule has 5 nitrogen and oxygen atoms in total. The fourth-order valence-electron chi connectivity index (χ4n) is 2.19. The van der Waals surface area contributed by atoms with Gasteiger partial charge in [0.05, 0.1) is 25.3 Å². The third-order valence-corrected chi connectivity index (χ3v) is 3.13. The summed E-state index contributed by atoms with van der Waals surface area (Å²) < 4.78 is 10.5. The molecule has 20 heavy (non-hydrogen) atoms. The van der Waals surface area contributed by atoms with Gasteiger partial charge in [0.25, 0.3) is 0 Å². The lowest BCUT2D eigenvalue weighted by Crippen LogP contribution is -1.92. The Labute approximate surface area is 116 Å². The largest absolute Gasteiger partial charge is 0.496 e. The van der Waals surface area contributed by atoms with Gasteiger partial charge in [-0.3, -0.25) is 5.10 Å². The summed E-state index contributed by atoms with van der Waals surface area (Å²) in [4.78, 5) is 0. The number of H-pyrrole nitrogens is 1. The lowest BCUT2D eigenvalue weighted by molar-refractivity contribution is 0.416. The molecule has 0 aliphatic carbocycles. The fraction of sp³-hybridized carbons (Fsp3) is 0.133. The van der Waals surface area contributed by atoms with Gasteiger partial charge in [0.15, 0.2) is 0 Å². The number of nitrogens with two attached hydrogens (primary N) is 1. The normalized spacial score (nSPS) is 10.7. The minimum Gasteiger partial charge on any atom is -0.496 e. The molecule has 0 aliphatic rings. The van der Waals surface area contributed by atoms with Crippen LogP contribution in [0.2, 0.25) is 0 Å². The number of furan rings is 1. The first-order valence-corrected chi connectivity index (χ1v) is 6.25. The zero-order chi connectivity index (χ0) is 13.9. The van der Waals surface area contributed by atoms with Crippen molar-refractivity contribution in [2.75, 3.05) is 12.8 Å². The van der Waals surface area contributed by atoms with E-state index in [1.165, 1.54) is 0 Å². The number of nitrogen functional groups attached to an aromatic ring is 1. The van der Waals surface area contributed by atoms with Crippen molar-refractivity contribution in [1.82, 2.24) is 10.2 Å². The number of nitrogens with one attached hydrogen (secondary N) is 1. The lowest BCUT2D eigenvalue weighted by Gasteiger charge is -2.09. The number of aromatic nitrogens is 2. The molecule has 0 atom stereocenters. The van der Waals surface area contributed by atoms with E-state index in [0.717, 1.165) is 28.1 Å². The molecule has 3 rings (SSSR count). The van der Waals surface area contributed by atoms with Crippen molar-refractivity contribution < 1.29 is 9.15 Å². The van der Waals surface area contributed by atoms with Crippen LogP contribution < -0.4 is 10.5 Å². The Morgan fingerprint density at radius 2 is 2.20 bits per heavy atom. The van der Waals surface area contributed by atoms with Crippen LogP contribution in [0.25, 0.3) is 11.1 Å². The second-order valence-electron chi connectivity index (χ2n) is 4.54. The third kappa shape index (κ3) is 2.38. The van der Waals surface area contributed by atoms with Crippen molar-refractivity contribution in [3.63, 3.8) is 0 Å². The van der Waals surface area contributed by atoms with E-state index in [2.05, 4.69) is 16.3 Å². The molecule has 1 aromatic carbocycles. The van der Waals surface area contributed by atoms with Crippen LogP contribution in [0.15, 0.2) is 47.3 Å². The van der Waals surface area contributed by atoms with Crippen LogP contribution in [0.1, 0.15) is 11.3 Å². The number of anilines is 1. The van der Waals surface area contributed by atoms with Gasteiger partial charge in [0, 0.05) is 23.6 Å². The van der Waals surface area contributed by atoms with Crippen molar-refractivity contribution in [2.45, 2.75) is 6.42 Å². The Morgan fingerprint density at radius 3 is 2.85 bits per heavy atom. The van der Waals surface area contributed by atoms with Gasteiger partial charge in [0.2, 0.25) is 0 Å². The third-order valence-electron chi connectivity index (χ3n) is 3.13. The molecule has 0 aliphatic heterocycles. The Hall–Kier alpha value is -2.69. The molecule has 3 aromatic rings. The smallest absolute Gasteiger partial charge is 0.126 e. The number of hydrogen-bond acceptors (Lipinski definition) is 4. The number of benzene rings is 1. The highest BCUT2D eigenvalue weighted by atomic mass is 16.5. The van der Waals surface area contributed by atoms with Gasteiger partial charge in [-0.25, -0.2) is 0 Å². The summed E-state index contributed by atoms with van der Waals surface area (Å²) in [5.41, 5.74) is 9.67. The molecule has 2 aromatic heterocycles. The van der Waals surface area contributed by atoms with E-state index < -0.39 is 0 Å². The van der Waals surface area contributed by atoms with Gasteiger partial charge in [-0.1, -0.05) is 6.07 Å². The second-order valence-corrected chi connectivity index (χ2v) is 4.54. The first kappa shape index (κ1) is 12.3. The van der Waals surface area contributed by atoms with Crippen molar-refractivity contribution in [2.24, 2.45) is 0 Å². The maximum Gasteiger partial charge on any atom is 0.126 e. The van der Waals surface area contributed by atoms with Crippen LogP contribution in [0, 0.1) is 0 Å². The minimum atomic E-state index is 0.573. The van der Waals surface area contributed by atoms with Gasteiger partial charge in [-0.2, -0.15) is 5.10 Å². The molecule has 0 unspecified atom stereocenters. The molecule has 0 amide bonds. The lowest BCUT2D eigenvalue weighted by atomic mass is 10.0. The molecule has 102 valence electrons. The average Bonchev–Trinajstić information content (AvgIpc) is 3.10. The van der Waals surface area contributed by atoms with Crippen molar-refractivity contribution in [3.8, 4) is 16.9 Å². The molecule has 0 saturated heterocycles. The van der Waals surface area contributed by atoms with E-state index in [4.69, 9.17) is 14.9 Å². The summed E-state index contributed by atoms with van der Waals surface area (Å²) in [6, 6.07) is 9.80. The highest BCUT2D eigenvalue weighted by molar-refractivity contribution is 5.70. The van der Waals surface area contributed by atoms with E-state index >= 15 is 0 Å². The van der Waals surface area contributed by atoms with E-state index in [0.29, 0.717) is 12.2 Å². The summed E-state index contributed by atoms with van der Waals surface area (Å²) in [5.74, 6) is 1.39. The molecule has 0 fully saturated rings. The molecule has 5 heteroatoms. The molecule has 3 N–H and O–H groups in total. The molecular weight excluding hydrogens is 254 g/mol. The first-order valence-electron chi connectivity index (χ1n) is 6.25. The van der Waals surface area contributed by atoms with E-state index in [-0.39, 0.29) is 0 Å². The van der Waals surface area contributed by atoms with Crippen LogP contribution in [0.3, 0.4) is 0 Å². The quantitative estimate of drug-likeness (QED) is 0.763. The zero-order valence-corrected chi connectivity index (χ0v) is 11.1. The Balaban J connectivity index is 1.95.